The molecule has 0 aromatic heterocycles. The SMILES string of the molecule is O=C(COc1ccc(F)cc1)N1CCN(Cc2cccc(F)c2F)CC1. The maximum absolute atomic E-state index is 13.7. The van der Waals surface area contributed by atoms with E-state index >= 15 is 0 Å². The second-order valence-corrected chi connectivity index (χ2v) is 6.11. The minimum absolute atomic E-state index is 0.121. The maximum Gasteiger partial charge on any atom is 0.260 e. The largest absolute Gasteiger partial charge is 0.484 e. The fourth-order valence-electron chi connectivity index (χ4n) is 2.83. The van der Waals surface area contributed by atoms with Crippen molar-refractivity contribution in [2.75, 3.05) is 32.8 Å². The fraction of sp³-hybridized carbons (Fsp3) is 0.316. The molecule has 1 amide bonds. The number of benzene rings is 2. The molecule has 1 heterocycles. The predicted molar refractivity (Wildman–Crippen MR) is 90.1 cm³/mol. The molecule has 3 rings (SSSR count). The van der Waals surface area contributed by atoms with Crippen LogP contribution in [0, 0.1) is 17.5 Å². The zero-order valence-corrected chi connectivity index (χ0v) is 14.1. The van der Waals surface area contributed by atoms with Gasteiger partial charge >= 0.3 is 0 Å². The Hall–Kier alpha value is -2.54. The van der Waals surface area contributed by atoms with E-state index in [-0.39, 0.29) is 18.3 Å². The molecule has 0 radical (unpaired) electrons. The van der Waals surface area contributed by atoms with Crippen molar-refractivity contribution in [2.24, 2.45) is 0 Å². The number of hydrogen-bond donors (Lipinski definition) is 0. The first-order valence-corrected chi connectivity index (χ1v) is 8.34. The summed E-state index contributed by atoms with van der Waals surface area (Å²) in [6.07, 6.45) is 0. The molecule has 26 heavy (non-hydrogen) atoms. The molecule has 0 N–H and O–H groups in total. The van der Waals surface area contributed by atoms with E-state index in [4.69, 9.17) is 4.74 Å². The van der Waals surface area contributed by atoms with Crippen LogP contribution in [0.1, 0.15) is 5.56 Å². The Morgan fingerprint density at radius 2 is 1.65 bits per heavy atom. The van der Waals surface area contributed by atoms with Crippen LogP contribution in [0.3, 0.4) is 0 Å². The lowest BCUT2D eigenvalue weighted by atomic mass is 10.1. The zero-order valence-electron chi connectivity index (χ0n) is 14.1. The molecule has 7 heteroatoms. The van der Waals surface area contributed by atoms with Crippen LogP contribution >= 0.6 is 0 Å². The Kier molecular flexibility index (Phi) is 5.78. The second-order valence-electron chi connectivity index (χ2n) is 6.11. The van der Waals surface area contributed by atoms with Crippen LogP contribution in [0.5, 0.6) is 5.75 Å². The predicted octanol–water partition coefficient (Wildman–Crippen LogP) is 2.83. The van der Waals surface area contributed by atoms with Crippen LogP contribution in [0.15, 0.2) is 42.5 Å². The number of ether oxygens (including phenoxy) is 1. The Morgan fingerprint density at radius 3 is 2.35 bits per heavy atom. The van der Waals surface area contributed by atoms with E-state index in [2.05, 4.69) is 0 Å². The van der Waals surface area contributed by atoms with Gasteiger partial charge in [-0.3, -0.25) is 9.69 Å². The first kappa shape index (κ1) is 18.3. The van der Waals surface area contributed by atoms with Gasteiger partial charge < -0.3 is 9.64 Å². The summed E-state index contributed by atoms with van der Waals surface area (Å²) in [5.41, 5.74) is 0.310. The Bertz CT molecular complexity index is 760. The van der Waals surface area contributed by atoms with Crippen LogP contribution in [0.2, 0.25) is 0 Å². The average molecular weight is 364 g/mol. The standard InChI is InChI=1S/C19H19F3N2O2/c20-15-4-6-16(7-5-15)26-13-18(25)24-10-8-23(9-11-24)12-14-2-1-3-17(21)19(14)22/h1-7H,8-13H2. The zero-order chi connectivity index (χ0) is 18.5. The molecule has 0 unspecified atom stereocenters. The lowest BCUT2D eigenvalue weighted by Gasteiger charge is -2.34. The van der Waals surface area contributed by atoms with E-state index in [1.807, 2.05) is 4.90 Å². The molecule has 4 nitrogen and oxygen atoms in total. The van der Waals surface area contributed by atoms with Crippen molar-refractivity contribution < 1.29 is 22.7 Å². The van der Waals surface area contributed by atoms with Gasteiger partial charge in [-0.15, -0.1) is 0 Å². The third kappa shape index (κ3) is 4.54. The molecule has 1 aliphatic rings. The van der Waals surface area contributed by atoms with Gasteiger partial charge in [0.05, 0.1) is 0 Å². The molecule has 0 aliphatic carbocycles. The van der Waals surface area contributed by atoms with Crippen LogP contribution in [0.4, 0.5) is 13.2 Å². The molecule has 0 saturated carbocycles. The van der Waals surface area contributed by atoms with Gasteiger partial charge in [0, 0.05) is 38.3 Å². The minimum atomic E-state index is -0.853. The summed E-state index contributed by atoms with van der Waals surface area (Å²) in [5, 5.41) is 0. The van der Waals surface area contributed by atoms with Crippen molar-refractivity contribution in [3.05, 3.63) is 65.5 Å². The molecule has 2 aromatic rings. The molecule has 0 spiro atoms. The molecular weight excluding hydrogens is 345 g/mol. The summed E-state index contributed by atoms with van der Waals surface area (Å²) in [7, 11) is 0. The van der Waals surface area contributed by atoms with Crippen molar-refractivity contribution in [1.29, 1.82) is 0 Å². The molecule has 0 bridgehead atoms. The van der Waals surface area contributed by atoms with Crippen LogP contribution in [-0.2, 0) is 11.3 Å². The van der Waals surface area contributed by atoms with E-state index < -0.39 is 11.6 Å². The van der Waals surface area contributed by atoms with Crippen molar-refractivity contribution in [3.8, 4) is 5.75 Å². The summed E-state index contributed by atoms with van der Waals surface area (Å²) in [6, 6.07) is 9.61. The van der Waals surface area contributed by atoms with Gasteiger partial charge in [-0.2, -0.15) is 0 Å². The first-order valence-electron chi connectivity index (χ1n) is 8.34. The third-order valence-corrected chi connectivity index (χ3v) is 4.33. The quantitative estimate of drug-likeness (QED) is 0.818. The van der Waals surface area contributed by atoms with Crippen LogP contribution in [-0.4, -0.2) is 48.5 Å². The van der Waals surface area contributed by atoms with Gasteiger partial charge in [-0.1, -0.05) is 12.1 Å². The average Bonchev–Trinajstić information content (AvgIpc) is 2.65. The Labute approximate surface area is 149 Å². The molecule has 1 fully saturated rings. The van der Waals surface area contributed by atoms with Gasteiger partial charge in [0.2, 0.25) is 0 Å². The van der Waals surface area contributed by atoms with Crippen molar-refractivity contribution in [2.45, 2.75) is 6.54 Å². The summed E-state index contributed by atoms with van der Waals surface area (Å²) in [4.78, 5) is 15.8. The van der Waals surface area contributed by atoms with E-state index in [0.29, 0.717) is 44.0 Å². The molecule has 0 atom stereocenters. The first-order chi connectivity index (χ1) is 12.5. The van der Waals surface area contributed by atoms with E-state index in [0.717, 1.165) is 6.07 Å². The number of carbonyl (C=O) groups is 1. The fourth-order valence-corrected chi connectivity index (χ4v) is 2.83. The van der Waals surface area contributed by atoms with Crippen molar-refractivity contribution in [1.82, 2.24) is 9.80 Å². The Morgan fingerprint density at radius 1 is 0.962 bits per heavy atom. The smallest absolute Gasteiger partial charge is 0.260 e. The monoisotopic (exact) mass is 364 g/mol. The number of rotatable bonds is 5. The summed E-state index contributed by atoms with van der Waals surface area (Å²) < 4.78 is 45.2. The van der Waals surface area contributed by atoms with Gasteiger partial charge in [-0.05, 0) is 30.3 Å². The number of nitrogens with zero attached hydrogens (tertiary/aromatic N) is 2. The highest BCUT2D eigenvalue weighted by Gasteiger charge is 2.22. The van der Waals surface area contributed by atoms with Crippen molar-refractivity contribution in [3.63, 3.8) is 0 Å². The highest BCUT2D eigenvalue weighted by molar-refractivity contribution is 5.77. The molecular formula is C19H19F3N2O2. The topological polar surface area (TPSA) is 32.8 Å². The summed E-state index contributed by atoms with van der Waals surface area (Å²) in [6.45, 7) is 2.30. The molecule has 138 valence electrons. The van der Waals surface area contributed by atoms with Crippen LogP contribution in [0.25, 0.3) is 0 Å². The molecule has 1 aliphatic heterocycles. The van der Waals surface area contributed by atoms with Gasteiger partial charge in [-0.25, -0.2) is 13.2 Å². The number of hydrogen-bond acceptors (Lipinski definition) is 3. The second kappa shape index (κ2) is 8.23. The lowest BCUT2D eigenvalue weighted by molar-refractivity contribution is -0.135. The lowest BCUT2D eigenvalue weighted by Crippen LogP contribution is -2.49. The maximum atomic E-state index is 13.7. The van der Waals surface area contributed by atoms with Crippen molar-refractivity contribution >= 4 is 5.91 Å². The number of halogens is 3. The summed E-state index contributed by atoms with van der Waals surface area (Å²) >= 11 is 0. The summed E-state index contributed by atoms with van der Waals surface area (Å²) in [5.74, 6) is -1.77. The van der Waals surface area contributed by atoms with Gasteiger partial charge in [0.1, 0.15) is 11.6 Å². The minimum Gasteiger partial charge on any atom is -0.484 e. The van der Waals surface area contributed by atoms with Gasteiger partial charge in [0.15, 0.2) is 18.2 Å². The normalized spacial score (nSPS) is 15.1. The molecule has 1 saturated heterocycles. The van der Waals surface area contributed by atoms with E-state index in [1.54, 1.807) is 11.0 Å². The Balaban J connectivity index is 1.46. The van der Waals surface area contributed by atoms with E-state index in [9.17, 15) is 18.0 Å². The van der Waals surface area contributed by atoms with Gasteiger partial charge in [0.25, 0.3) is 5.91 Å². The number of carbonyl (C=O) groups excluding carboxylic acids is 1. The highest BCUT2D eigenvalue weighted by atomic mass is 19.2. The third-order valence-electron chi connectivity index (χ3n) is 4.33. The number of amides is 1. The highest BCUT2D eigenvalue weighted by Crippen LogP contribution is 2.15. The van der Waals surface area contributed by atoms with E-state index in [1.165, 1.54) is 30.3 Å². The van der Waals surface area contributed by atoms with Crippen LogP contribution < -0.4 is 4.74 Å². The molecule has 2 aromatic carbocycles. The number of piperazine rings is 1.